The first kappa shape index (κ1) is 19.5. The summed E-state index contributed by atoms with van der Waals surface area (Å²) in [7, 11) is 0. The third-order valence-electron chi connectivity index (χ3n) is 4.12. The highest BCUT2D eigenvalue weighted by Crippen LogP contribution is 2.28. The fourth-order valence-corrected chi connectivity index (χ4v) is 3.07. The number of nitrogens with one attached hydrogen (secondary N) is 1. The second kappa shape index (κ2) is 9.63. The number of hydrogen-bond donors (Lipinski definition) is 2. The van der Waals surface area contributed by atoms with Gasteiger partial charge in [-0.1, -0.05) is 37.8 Å². The lowest BCUT2D eigenvalue weighted by molar-refractivity contribution is -0.139. The van der Waals surface area contributed by atoms with Crippen LogP contribution in [-0.2, 0) is 14.3 Å². The van der Waals surface area contributed by atoms with E-state index in [9.17, 15) is 9.59 Å². The molecule has 25 heavy (non-hydrogen) atoms. The molecule has 0 heterocycles. The van der Waals surface area contributed by atoms with Gasteiger partial charge in [-0.2, -0.15) is 0 Å². The van der Waals surface area contributed by atoms with Gasteiger partial charge in [0.25, 0.3) is 5.91 Å². The first-order valence-corrected chi connectivity index (χ1v) is 8.98. The maximum Gasteiger partial charge on any atom is 0.341 e. The molecule has 1 amide bonds. The molecule has 0 spiro atoms. The van der Waals surface area contributed by atoms with Crippen LogP contribution in [0.2, 0.25) is 5.02 Å². The molecule has 1 atom stereocenters. The molecule has 7 heteroatoms. The standard InChI is InChI=1S/C18H24ClNO5/c1-2-15(25-13-6-4-3-5-7-13)18(23)20-12-8-9-16(14(19)10-12)24-11-17(21)22/h8-10,13,15H,2-7,11H2,1H3,(H,20,23)(H,21,22). The normalized spacial score (nSPS) is 16.2. The van der Waals surface area contributed by atoms with E-state index in [1.807, 2.05) is 6.92 Å². The number of carbonyl (C=O) groups excluding carboxylic acids is 1. The van der Waals surface area contributed by atoms with Crippen LogP contribution in [0.25, 0.3) is 0 Å². The minimum absolute atomic E-state index is 0.153. The number of hydrogen-bond acceptors (Lipinski definition) is 4. The first-order valence-electron chi connectivity index (χ1n) is 8.60. The average Bonchev–Trinajstić information content (AvgIpc) is 2.59. The highest BCUT2D eigenvalue weighted by Gasteiger charge is 2.23. The summed E-state index contributed by atoms with van der Waals surface area (Å²) in [6.45, 7) is 1.45. The second-order valence-corrected chi connectivity index (χ2v) is 6.52. The molecule has 1 aromatic rings. The molecular weight excluding hydrogens is 346 g/mol. The van der Waals surface area contributed by atoms with Gasteiger partial charge >= 0.3 is 5.97 Å². The van der Waals surface area contributed by atoms with Crippen LogP contribution < -0.4 is 10.1 Å². The molecule has 6 nitrogen and oxygen atoms in total. The first-order chi connectivity index (χ1) is 12.0. The van der Waals surface area contributed by atoms with Crippen LogP contribution >= 0.6 is 11.6 Å². The van der Waals surface area contributed by atoms with Crippen LogP contribution in [0, 0.1) is 0 Å². The lowest BCUT2D eigenvalue weighted by Gasteiger charge is -2.26. The lowest BCUT2D eigenvalue weighted by atomic mass is 9.97. The molecule has 0 radical (unpaired) electrons. The second-order valence-electron chi connectivity index (χ2n) is 6.11. The van der Waals surface area contributed by atoms with Gasteiger partial charge in [-0.05, 0) is 37.5 Å². The summed E-state index contributed by atoms with van der Waals surface area (Å²) in [5, 5.41) is 11.7. The molecule has 1 fully saturated rings. The number of rotatable bonds is 8. The molecule has 138 valence electrons. The molecule has 1 aliphatic carbocycles. The van der Waals surface area contributed by atoms with Crippen molar-refractivity contribution in [3.8, 4) is 5.75 Å². The Bertz CT molecular complexity index is 601. The number of carboxylic acid groups (broad SMARTS) is 1. The minimum Gasteiger partial charge on any atom is -0.480 e. The molecule has 1 unspecified atom stereocenters. The fourth-order valence-electron chi connectivity index (χ4n) is 2.83. The van der Waals surface area contributed by atoms with E-state index in [0.29, 0.717) is 12.1 Å². The summed E-state index contributed by atoms with van der Waals surface area (Å²) in [5.41, 5.74) is 0.517. The number of halogens is 1. The van der Waals surface area contributed by atoms with E-state index in [1.54, 1.807) is 6.07 Å². The Hall–Kier alpha value is -1.79. The van der Waals surface area contributed by atoms with Crippen molar-refractivity contribution in [3.63, 3.8) is 0 Å². The predicted octanol–water partition coefficient (Wildman–Crippen LogP) is 3.87. The Morgan fingerprint density at radius 3 is 2.64 bits per heavy atom. The van der Waals surface area contributed by atoms with E-state index in [1.165, 1.54) is 18.6 Å². The summed E-state index contributed by atoms with van der Waals surface area (Å²) >= 11 is 6.06. The highest BCUT2D eigenvalue weighted by molar-refractivity contribution is 6.32. The topological polar surface area (TPSA) is 84.9 Å². The van der Waals surface area contributed by atoms with Crippen molar-refractivity contribution in [2.45, 2.75) is 57.7 Å². The molecular formula is C18H24ClNO5. The maximum atomic E-state index is 12.4. The van der Waals surface area contributed by atoms with Crippen molar-refractivity contribution in [1.82, 2.24) is 0 Å². The van der Waals surface area contributed by atoms with Crippen LogP contribution in [0.15, 0.2) is 18.2 Å². The number of carboxylic acids is 1. The summed E-state index contributed by atoms with van der Waals surface area (Å²) in [4.78, 5) is 23.0. The van der Waals surface area contributed by atoms with Crippen molar-refractivity contribution in [2.75, 3.05) is 11.9 Å². The molecule has 0 bridgehead atoms. The third-order valence-corrected chi connectivity index (χ3v) is 4.42. The van der Waals surface area contributed by atoms with Crippen LogP contribution in [0.3, 0.4) is 0 Å². The summed E-state index contributed by atoms with van der Waals surface area (Å²) < 4.78 is 11.0. The Kier molecular flexibility index (Phi) is 7.52. The van der Waals surface area contributed by atoms with Crippen molar-refractivity contribution in [1.29, 1.82) is 0 Å². The van der Waals surface area contributed by atoms with E-state index < -0.39 is 18.7 Å². The van der Waals surface area contributed by atoms with E-state index in [2.05, 4.69) is 5.32 Å². The minimum atomic E-state index is -1.08. The Labute approximate surface area is 152 Å². The van der Waals surface area contributed by atoms with Gasteiger partial charge in [0.1, 0.15) is 11.9 Å². The van der Waals surface area contributed by atoms with Crippen molar-refractivity contribution < 1.29 is 24.2 Å². The van der Waals surface area contributed by atoms with Crippen LogP contribution in [0.4, 0.5) is 5.69 Å². The fraction of sp³-hybridized carbons (Fsp3) is 0.556. The predicted molar refractivity (Wildman–Crippen MR) is 95.2 cm³/mol. The zero-order valence-corrected chi connectivity index (χ0v) is 15.1. The molecule has 0 aliphatic heterocycles. The third kappa shape index (κ3) is 6.21. The van der Waals surface area contributed by atoms with Crippen LogP contribution in [-0.4, -0.2) is 35.8 Å². The number of amides is 1. The zero-order chi connectivity index (χ0) is 18.2. The molecule has 1 aromatic carbocycles. The summed E-state index contributed by atoms with van der Waals surface area (Å²) in [5.74, 6) is -1.03. The Morgan fingerprint density at radius 2 is 2.04 bits per heavy atom. The molecule has 2 rings (SSSR count). The maximum absolute atomic E-state index is 12.4. The largest absolute Gasteiger partial charge is 0.480 e. The van der Waals surface area contributed by atoms with Gasteiger partial charge in [0.15, 0.2) is 6.61 Å². The van der Waals surface area contributed by atoms with Gasteiger partial charge in [-0.15, -0.1) is 0 Å². The van der Waals surface area contributed by atoms with Gasteiger partial charge in [0, 0.05) is 5.69 Å². The molecule has 1 aliphatic rings. The molecule has 1 saturated carbocycles. The summed E-state index contributed by atoms with van der Waals surface area (Å²) in [6.07, 6.45) is 5.79. The van der Waals surface area contributed by atoms with Gasteiger partial charge in [-0.25, -0.2) is 4.79 Å². The SMILES string of the molecule is CCC(OC1CCCCC1)C(=O)Nc1ccc(OCC(=O)O)c(Cl)c1. The molecule has 0 aromatic heterocycles. The van der Waals surface area contributed by atoms with Gasteiger partial charge in [0.05, 0.1) is 11.1 Å². The van der Waals surface area contributed by atoms with E-state index in [-0.39, 0.29) is 22.8 Å². The van der Waals surface area contributed by atoms with Crippen molar-refractivity contribution >= 4 is 29.2 Å². The highest BCUT2D eigenvalue weighted by atomic mass is 35.5. The number of aliphatic carboxylic acids is 1. The molecule has 0 saturated heterocycles. The van der Waals surface area contributed by atoms with Crippen molar-refractivity contribution in [2.24, 2.45) is 0 Å². The number of carbonyl (C=O) groups is 2. The zero-order valence-electron chi connectivity index (χ0n) is 14.3. The smallest absolute Gasteiger partial charge is 0.341 e. The van der Waals surface area contributed by atoms with E-state index in [4.69, 9.17) is 26.2 Å². The number of benzene rings is 1. The van der Waals surface area contributed by atoms with Gasteiger partial charge < -0.3 is 19.9 Å². The van der Waals surface area contributed by atoms with Crippen LogP contribution in [0.5, 0.6) is 5.75 Å². The number of anilines is 1. The Morgan fingerprint density at radius 1 is 1.32 bits per heavy atom. The molecule has 2 N–H and O–H groups in total. The van der Waals surface area contributed by atoms with E-state index in [0.717, 1.165) is 25.7 Å². The monoisotopic (exact) mass is 369 g/mol. The van der Waals surface area contributed by atoms with Gasteiger partial charge in [0.2, 0.25) is 0 Å². The number of ether oxygens (including phenoxy) is 2. The van der Waals surface area contributed by atoms with Crippen LogP contribution in [0.1, 0.15) is 45.4 Å². The van der Waals surface area contributed by atoms with Gasteiger partial charge in [-0.3, -0.25) is 4.79 Å². The quantitative estimate of drug-likeness (QED) is 0.726. The van der Waals surface area contributed by atoms with Crippen molar-refractivity contribution in [3.05, 3.63) is 23.2 Å². The summed E-state index contributed by atoms with van der Waals surface area (Å²) in [6, 6.07) is 4.68. The average molecular weight is 370 g/mol. The Balaban J connectivity index is 1.93. The lowest BCUT2D eigenvalue weighted by Crippen LogP contribution is -2.34. The van der Waals surface area contributed by atoms with E-state index >= 15 is 0 Å².